The summed E-state index contributed by atoms with van der Waals surface area (Å²) >= 11 is 0. The molecule has 0 spiro atoms. The molecule has 26 heavy (non-hydrogen) atoms. The van der Waals surface area contributed by atoms with Gasteiger partial charge in [0.25, 0.3) is 0 Å². The highest BCUT2D eigenvalue weighted by atomic mass is 15.3. The Morgan fingerprint density at radius 3 is 2.31 bits per heavy atom. The molecule has 0 radical (unpaired) electrons. The maximum absolute atomic E-state index is 4.62. The van der Waals surface area contributed by atoms with E-state index < -0.39 is 0 Å². The number of hydrogen-bond donors (Lipinski definition) is 1. The minimum absolute atomic E-state index is 0.595. The molecule has 1 heterocycles. The molecule has 1 N–H and O–H groups in total. The highest BCUT2D eigenvalue weighted by Crippen LogP contribution is 2.12. The van der Waals surface area contributed by atoms with Crippen molar-refractivity contribution in [1.29, 1.82) is 0 Å². The molecule has 0 saturated carbocycles. The van der Waals surface area contributed by atoms with Gasteiger partial charge >= 0.3 is 0 Å². The number of nitrogens with zero attached hydrogens (tertiary/aromatic N) is 4. The Balaban J connectivity index is 1.79. The van der Waals surface area contributed by atoms with Crippen LogP contribution in [-0.4, -0.2) is 31.1 Å². The van der Waals surface area contributed by atoms with Gasteiger partial charge in [-0.3, -0.25) is 10.4 Å². The summed E-state index contributed by atoms with van der Waals surface area (Å²) in [5, 5.41) is 4.33. The zero-order chi connectivity index (χ0) is 18.2. The van der Waals surface area contributed by atoms with Crippen LogP contribution in [0, 0.1) is 0 Å². The highest BCUT2D eigenvalue weighted by Gasteiger charge is 2.03. The lowest BCUT2D eigenvalue weighted by molar-refractivity contribution is 1.02. The van der Waals surface area contributed by atoms with E-state index in [2.05, 4.69) is 37.5 Å². The molecule has 0 aliphatic carbocycles. The molecule has 0 bridgehead atoms. The lowest BCUT2D eigenvalue weighted by Gasteiger charge is -2.11. The standard InChI is InChI=1S/C21H21N5/c1-26(2)19-13-11-17(12-14-19)16-23-25-21(20-10-6-7-15-22-20)24-18-8-4-3-5-9-18/h3-16H,1-2H3,(H,24,25)/b23-16+. The molecule has 0 atom stereocenters. The molecule has 3 rings (SSSR count). The van der Waals surface area contributed by atoms with Gasteiger partial charge in [0.2, 0.25) is 0 Å². The van der Waals surface area contributed by atoms with Crippen LogP contribution in [0.4, 0.5) is 11.4 Å². The van der Waals surface area contributed by atoms with Crippen molar-refractivity contribution in [2.75, 3.05) is 19.0 Å². The van der Waals surface area contributed by atoms with Gasteiger partial charge in [-0.05, 0) is 42.0 Å². The van der Waals surface area contributed by atoms with E-state index in [4.69, 9.17) is 0 Å². The first-order chi connectivity index (χ1) is 12.7. The first-order valence-electron chi connectivity index (χ1n) is 8.34. The predicted molar refractivity (Wildman–Crippen MR) is 108 cm³/mol. The summed E-state index contributed by atoms with van der Waals surface area (Å²) in [6, 6.07) is 23.6. The number of hydrazone groups is 1. The summed E-state index contributed by atoms with van der Waals surface area (Å²) in [5.74, 6) is 0.595. The molecule has 5 nitrogen and oxygen atoms in total. The molecule has 0 amide bonds. The van der Waals surface area contributed by atoms with Crippen LogP contribution in [-0.2, 0) is 0 Å². The Bertz CT molecular complexity index is 869. The van der Waals surface area contributed by atoms with Crippen LogP contribution in [0.2, 0.25) is 0 Å². The molecule has 0 aliphatic rings. The Hall–Kier alpha value is -3.47. The molecular formula is C21H21N5. The number of hydrogen-bond acceptors (Lipinski definition) is 4. The zero-order valence-corrected chi connectivity index (χ0v) is 14.9. The smallest absolute Gasteiger partial charge is 0.172 e. The number of para-hydroxylation sites is 1. The number of amidine groups is 1. The van der Waals surface area contributed by atoms with Crippen LogP contribution in [0.5, 0.6) is 0 Å². The second kappa shape index (κ2) is 8.58. The molecule has 0 aliphatic heterocycles. The largest absolute Gasteiger partial charge is 0.378 e. The van der Waals surface area contributed by atoms with Gasteiger partial charge in [-0.15, -0.1) is 0 Å². The van der Waals surface area contributed by atoms with Crippen LogP contribution in [0.3, 0.4) is 0 Å². The van der Waals surface area contributed by atoms with Crippen molar-refractivity contribution in [3.05, 3.63) is 90.3 Å². The van der Waals surface area contributed by atoms with E-state index in [1.165, 1.54) is 0 Å². The molecule has 2 aromatic carbocycles. The number of benzene rings is 2. The number of anilines is 1. The van der Waals surface area contributed by atoms with Crippen LogP contribution in [0.1, 0.15) is 11.3 Å². The van der Waals surface area contributed by atoms with Crippen molar-refractivity contribution < 1.29 is 0 Å². The van der Waals surface area contributed by atoms with Crippen molar-refractivity contribution in [3.63, 3.8) is 0 Å². The van der Waals surface area contributed by atoms with Gasteiger partial charge in [0.1, 0.15) is 5.69 Å². The van der Waals surface area contributed by atoms with Crippen molar-refractivity contribution in [1.82, 2.24) is 10.4 Å². The van der Waals surface area contributed by atoms with Gasteiger partial charge in [0, 0.05) is 26.0 Å². The second-order valence-electron chi connectivity index (χ2n) is 5.87. The fourth-order valence-corrected chi connectivity index (χ4v) is 2.30. The van der Waals surface area contributed by atoms with Crippen molar-refractivity contribution >= 4 is 23.4 Å². The number of nitrogens with one attached hydrogen (secondary N) is 1. The van der Waals surface area contributed by atoms with E-state index in [1.54, 1.807) is 12.4 Å². The molecule has 0 unspecified atom stereocenters. The quantitative estimate of drug-likeness (QED) is 0.435. The number of aromatic nitrogens is 1. The van der Waals surface area contributed by atoms with E-state index in [9.17, 15) is 0 Å². The van der Waals surface area contributed by atoms with E-state index in [1.807, 2.05) is 74.8 Å². The van der Waals surface area contributed by atoms with Crippen LogP contribution in [0.25, 0.3) is 0 Å². The fraction of sp³-hybridized carbons (Fsp3) is 0.0952. The van der Waals surface area contributed by atoms with E-state index in [-0.39, 0.29) is 0 Å². The molecular weight excluding hydrogens is 322 g/mol. The Kier molecular flexibility index (Phi) is 5.72. The summed E-state index contributed by atoms with van der Waals surface area (Å²) < 4.78 is 0. The minimum atomic E-state index is 0.595. The maximum Gasteiger partial charge on any atom is 0.172 e. The maximum atomic E-state index is 4.62. The van der Waals surface area contributed by atoms with Gasteiger partial charge in [-0.2, -0.15) is 5.10 Å². The summed E-state index contributed by atoms with van der Waals surface area (Å²) in [5.41, 5.74) is 6.74. The van der Waals surface area contributed by atoms with Gasteiger partial charge in [-0.1, -0.05) is 36.4 Å². The normalized spacial score (nSPS) is 11.5. The van der Waals surface area contributed by atoms with E-state index >= 15 is 0 Å². The van der Waals surface area contributed by atoms with Crippen LogP contribution < -0.4 is 10.3 Å². The summed E-state index contributed by atoms with van der Waals surface area (Å²) in [6.45, 7) is 0. The SMILES string of the molecule is CN(C)c1ccc(/C=N/NC(=Nc2ccccc2)c2ccccn2)cc1. The lowest BCUT2D eigenvalue weighted by Crippen LogP contribution is -2.20. The van der Waals surface area contributed by atoms with Crippen LogP contribution in [0.15, 0.2) is 89.1 Å². The van der Waals surface area contributed by atoms with E-state index in [0.717, 1.165) is 22.6 Å². The van der Waals surface area contributed by atoms with Crippen molar-refractivity contribution in [2.24, 2.45) is 10.1 Å². The fourth-order valence-electron chi connectivity index (χ4n) is 2.30. The highest BCUT2D eigenvalue weighted by molar-refractivity contribution is 5.99. The van der Waals surface area contributed by atoms with Crippen LogP contribution >= 0.6 is 0 Å². The molecule has 1 aromatic heterocycles. The third-order valence-electron chi connectivity index (χ3n) is 3.70. The van der Waals surface area contributed by atoms with Gasteiger partial charge < -0.3 is 4.90 Å². The average molecular weight is 343 g/mol. The number of pyridine rings is 1. The summed E-state index contributed by atoms with van der Waals surface area (Å²) in [6.07, 6.45) is 3.50. The van der Waals surface area contributed by atoms with Gasteiger partial charge in [0.05, 0.1) is 11.9 Å². The predicted octanol–water partition coefficient (Wildman–Crippen LogP) is 3.85. The Morgan fingerprint density at radius 2 is 1.65 bits per heavy atom. The minimum Gasteiger partial charge on any atom is -0.378 e. The molecule has 5 heteroatoms. The first kappa shape index (κ1) is 17.4. The molecule has 0 saturated heterocycles. The van der Waals surface area contributed by atoms with Crippen molar-refractivity contribution in [2.45, 2.75) is 0 Å². The Labute approximate surface area is 153 Å². The van der Waals surface area contributed by atoms with Crippen molar-refractivity contribution in [3.8, 4) is 0 Å². The van der Waals surface area contributed by atoms with Gasteiger partial charge in [-0.25, -0.2) is 4.99 Å². The average Bonchev–Trinajstić information content (AvgIpc) is 2.69. The lowest BCUT2D eigenvalue weighted by atomic mass is 10.2. The zero-order valence-electron chi connectivity index (χ0n) is 14.9. The third-order valence-corrected chi connectivity index (χ3v) is 3.70. The third kappa shape index (κ3) is 4.77. The summed E-state index contributed by atoms with van der Waals surface area (Å²) in [7, 11) is 4.04. The Morgan fingerprint density at radius 1 is 0.923 bits per heavy atom. The molecule has 3 aromatic rings. The number of aliphatic imine (C=N–C) groups is 1. The molecule has 130 valence electrons. The monoisotopic (exact) mass is 343 g/mol. The summed E-state index contributed by atoms with van der Waals surface area (Å²) in [4.78, 5) is 11.0. The topological polar surface area (TPSA) is 52.9 Å². The molecule has 0 fully saturated rings. The van der Waals surface area contributed by atoms with E-state index in [0.29, 0.717) is 5.84 Å². The van der Waals surface area contributed by atoms with Gasteiger partial charge in [0.15, 0.2) is 5.84 Å². The number of rotatable bonds is 5. The second-order valence-corrected chi connectivity index (χ2v) is 5.87. The first-order valence-corrected chi connectivity index (χ1v) is 8.34.